The van der Waals surface area contributed by atoms with Gasteiger partial charge in [-0.15, -0.1) is 22.6 Å². The molecule has 0 unspecified atom stereocenters. The van der Waals surface area contributed by atoms with Crippen molar-refractivity contribution < 1.29 is 45.4 Å². The van der Waals surface area contributed by atoms with Crippen LogP contribution in [0.1, 0.15) is 122 Å². The average Bonchev–Trinajstić information content (AvgIpc) is 4.00. The number of nitrogens with zero attached hydrogens (tertiary/aromatic N) is 7. The van der Waals surface area contributed by atoms with Crippen molar-refractivity contribution in [3.05, 3.63) is 114 Å². The molecule has 4 aliphatic rings. The van der Waals surface area contributed by atoms with E-state index in [1.54, 1.807) is 59.5 Å². The summed E-state index contributed by atoms with van der Waals surface area (Å²) in [6.45, 7) is 20.6. The van der Waals surface area contributed by atoms with Crippen LogP contribution >= 0.6 is 24.0 Å². The molecule has 10 rings (SSSR count). The van der Waals surface area contributed by atoms with Gasteiger partial charge in [0.2, 0.25) is 11.8 Å². The summed E-state index contributed by atoms with van der Waals surface area (Å²) in [6.07, 6.45) is 10.2. The molecule has 6 aromatic rings. The summed E-state index contributed by atoms with van der Waals surface area (Å²) in [7, 11) is -5.42. The highest BCUT2D eigenvalue weighted by Crippen LogP contribution is 2.46. The fourth-order valence-corrected chi connectivity index (χ4v) is 11.6. The summed E-state index contributed by atoms with van der Waals surface area (Å²) in [5.74, 6) is 2.54. The Morgan fingerprint density at radius 3 is 1.53 bits per heavy atom. The van der Waals surface area contributed by atoms with E-state index in [4.69, 9.17) is 35.5 Å². The third-order valence-electron chi connectivity index (χ3n) is 14.4. The van der Waals surface area contributed by atoms with Crippen LogP contribution in [0.15, 0.2) is 107 Å². The van der Waals surface area contributed by atoms with Crippen molar-refractivity contribution in [2.75, 3.05) is 45.4 Å². The van der Waals surface area contributed by atoms with E-state index in [1.807, 2.05) is 4.72 Å². The number of halogens is 2. The Morgan fingerprint density at radius 2 is 1.14 bits per heavy atom. The molecule has 0 bridgehead atoms. The normalized spacial score (nSPS) is 18.7. The monoisotopic (exact) mass is 1190 g/mol. The number of sulfonamides is 2. The number of anilines is 1. The highest BCUT2D eigenvalue weighted by Gasteiger charge is 2.41. The Hall–Kier alpha value is -6.46. The summed E-state index contributed by atoms with van der Waals surface area (Å²) < 4.78 is 80.3. The second kappa shape index (κ2) is 25.4. The minimum Gasteiger partial charge on any atom is -0.497 e. The van der Waals surface area contributed by atoms with Gasteiger partial charge in [-0.25, -0.2) is 45.6 Å². The van der Waals surface area contributed by atoms with Gasteiger partial charge in [0, 0.05) is 65.1 Å². The van der Waals surface area contributed by atoms with Crippen molar-refractivity contribution in [3.8, 4) is 34.9 Å². The number of pyridine rings is 2. The van der Waals surface area contributed by atoms with Crippen LogP contribution in [0.3, 0.4) is 0 Å². The molecule has 2 aliphatic carbocycles. The molecule has 0 radical (unpaired) electrons. The zero-order valence-corrected chi connectivity index (χ0v) is 50.0. The first-order valence-corrected chi connectivity index (χ1v) is 29.5. The van der Waals surface area contributed by atoms with Crippen LogP contribution in [0.2, 0.25) is 5.15 Å². The third kappa shape index (κ3) is 16.4. The molecule has 24 heteroatoms. The minimum absolute atomic E-state index is 0. The van der Waals surface area contributed by atoms with E-state index < -0.39 is 31.9 Å². The maximum absolute atomic E-state index is 13.5. The SMILES string of the molecule is C.COc1cccc(S(=O)(=O)NC(=O)c2ccc(-n3ccc(OCC4(C)CC4)n3)nc2Cl)c1.COc1cccc(S(=O)(=O)NC(=O)c2ccc(-n3ccc(OCC4(C)CC4)n3)nc2N2C[C@@H](C)CC2(C)C)c1.C[C@@H]1CNC(C)(C)C1.Cl. The molecule has 4 aromatic heterocycles. The second-order valence-corrected chi connectivity index (χ2v) is 26.7. The number of rotatable bonds is 17. The van der Waals surface area contributed by atoms with E-state index in [2.05, 4.69) is 85.5 Å². The first-order chi connectivity index (χ1) is 37.2. The molecule has 0 spiro atoms. The third-order valence-corrected chi connectivity index (χ3v) is 17.3. The molecular formula is C57H76Cl2N10O10S2. The summed E-state index contributed by atoms with van der Waals surface area (Å²) in [4.78, 5) is 36.9. The lowest BCUT2D eigenvalue weighted by molar-refractivity contribution is 0.0972. The smallest absolute Gasteiger partial charge is 0.268 e. The Balaban J connectivity index is 0.000000227. The van der Waals surface area contributed by atoms with E-state index in [1.165, 1.54) is 74.3 Å². The molecule has 440 valence electrons. The first kappa shape index (κ1) is 63.7. The van der Waals surface area contributed by atoms with E-state index >= 15 is 0 Å². The lowest BCUT2D eigenvalue weighted by Gasteiger charge is -2.34. The summed E-state index contributed by atoms with van der Waals surface area (Å²) in [5, 5.41) is 12.1. The number of benzene rings is 2. The van der Waals surface area contributed by atoms with Crippen LogP contribution in [-0.2, 0) is 20.0 Å². The highest BCUT2D eigenvalue weighted by atomic mass is 35.5. The van der Waals surface area contributed by atoms with Crippen LogP contribution in [0, 0.1) is 22.7 Å². The van der Waals surface area contributed by atoms with Gasteiger partial charge in [0.25, 0.3) is 31.9 Å². The van der Waals surface area contributed by atoms with E-state index in [9.17, 15) is 26.4 Å². The van der Waals surface area contributed by atoms with Crippen molar-refractivity contribution in [1.29, 1.82) is 0 Å². The molecule has 2 aliphatic heterocycles. The van der Waals surface area contributed by atoms with Gasteiger partial charge in [-0.05, 0) is 133 Å². The molecular weight excluding hydrogens is 1120 g/mol. The number of hydrogen-bond donors (Lipinski definition) is 3. The molecule has 2 aromatic carbocycles. The number of amides is 2. The second-order valence-electron chi connectivity index (χ2n) is 23.0. The summed E-state index contributed by atoms with van der Waals surface area (Å²) in [5.41, 5.74) is 0.660. The minimum atomic E-state index is -4.15. The largest absolute Gasteiger partial charge is 0.497 e. The van der Waals surface area contributed by atoms with E-state index in [-0.39, 0.29) is 62.3 Å². The lowest BCUT2D eigenvalue weighted by Crippen LogP contribution is -2.41. The van der Waals surface area contributed by atoms with Gasteiger partial charge in [0.15, 0.2) is 11.6 Å². The van der Waals surface area contributed by atoms with Crippen LogP contribution < -0.4 is 38.6 Å². The fourth-order valence-electron chi connectivity index (χ4n) is 9.34. The molecule has 3 N–H and O–H groups in total. The Kier molecular flexibility index (Phi) is 19.9. The predicted molar refractivity (Wildman–Crippen MR) is 314 cm³/mol. The van der Waals surface area contributed by atoms with Crippen LogP contribution in [0.5, 0.6) is 23.3 Å². The molecule has 2 saturated heterocycles. The van der Waals surface area contributed by atoms with Gasteiger partial charge in [0.05, 0.1) is 48.4 Å². The maximum atomic E-state index is 13.5. The average molecular weight is 1200 g/mol. The first-order valence-electron chi connectivity index (χ1n) is 26.2. The number of hydrogen-bond acceptors (Lipinski definition) is 16. The number of methoxy groups -OCH3 is 2. The van der Waals surface area contributed by atoms with Gasteiger partial charge < -0.3 is 29.2 Å². The van der Waals surface area contributed by atoms with Crippen molar-refractivity contribution in [3.63, 3.8) is 0 Å². The molecule has 2 atom stereocenters. The molecule has 6 heterocycles. The zero-order chi connectivity index (χ0) is 57.1. The van der Waals surface area contributed by atoms with Crippen LogP contribution in [0.25, 0.3) is 11.6 Å². The maximum Gasteiger partial charge on any atom is 0.268 e. The Labute approximate surface area is 487 Å². The van der Waals surface area contributed by atoms with Crippen molar-refractivity contribution in [2.45, 2.75) is 122 Å². The highest BCUT2D eigenvalue weighted by molar-refractivity contribution is 7.90. The van der Waals surface area contributed by atoms with Crippen molar-refractivity contribution in [2.24, 2.45) is 22.7 Å². The predicted octanol–water partition coefficient (Wildman–Crippen LogP) is 9.88. The Bertz CT molecular complexity index is 3420. The number of carbonyl (C=O) groups is 2. The topological polar surface area (TPSA) is 240 Å². The van der Waals surface area contributed by atoms with Gasteiger partial charge in [0.1, 0.15) is 22.5 Å². The fraction of sp³-hybridized carbons (Fsp3) is 0.474. The number of nitrogens with one attached hydrogen (secondary N) is 3. The standard InChI is InChI=1S/C28H35N5O5S.C21H21ClN4O5S.C7H15N.CH4.ClH/c1-19-16-27(2,3)32(17-19)25-22(26(34)31-39(35,36)21-8-6-7-20(15-21)37-5)9-10-23(29-25)33-14-11-24(30-33)38-18-28(4)12-13-28;1-21(9-10-21)13-31-18-8-11-26(24-18)17-7-6-16(19(22)23-17)20(27)25-32(28,29)15-5-3-4-14(12-15)30-2;1-6-4-7(2,3)8-5-6;;/h6-11,14-15,19H,12-13,16-18H2,1-5H3,(H,31,34);3-8,11-12H,9-10,13H2,1-2H3,(H,25,27);6,8H,4-5H2,1-3H3;1H4;1H/t19-;;6-;;/m0.0../s1. The molecule has 20 nitrogen and oxygen atoms in total. The molecule has 2 saturated carbocycles. The van der Waals surface area contributed by atoms with Crippen LogP contribution in [-0.4, -0.2) is 110 Å². The lowest BCUT2D eigenvalue weighted by atomic mass is 9.97. The molecule has 81 heavy (non-hydrogen) atoms. The molecule has 2 amide bonds. The number of aromatic nitrogens is 6. The Morgan fingerprint density at radius 1 is 0.667 bits per heavy atom. The van der Waals surface area contributed by atoms with Crippen molar-refractivity contribution >= 4 is 61.7 Å². The summed E-state index contributed by atoms with van der Waals surface area (Å²) >= 11 is 6.17. The van der Waals surface area contributed by atoms with Gasteiger partial charge in [-0.3, -0.25) is 9.59 Å². The quantitative estimate of drug-likeness (QED) is 0.0720. The van der Waals surface area contributed by atoms with Crippen LogP contribution in [0.4, 0.5) is 5.82 Å². The van der Waals surface area contributed by atoms with Gasteiger partial charge in [-0.2, -0.15) is 0 Å². The number of ether oxygens (including phenoxy) is 4. The molecule has 4 fully saturated rings. The van der Waals surface area contributed by atoms with E-state index in [0.717, 1.165) is 38.0 Å². The van der Waals surface area contributed by atoms with Gasteiger partial charge >= 0.3 is 0 Å². The zero-order valence-electron chi connectivity index (χ0n) is 46.8. The van der Waals surface area contributed by atoms with Gasteiger partial charge in [-0.1, -0.05) is 58.9 Å². The summed E-state index contributed by atoms with van der Waals surface area (Å²) in [6, 6.07) is 21.4. The van der Waals surface area contributed by atoms with Crippen molar-refractivity contribution in [1.82, 2.24) is 44.3 Å². The number of carbonyl (C=O) groups excluding carboxylic acids is 2. The van der Waals surface area contributed by atoms with E-state index in [0.29, 0.717) is 71.9 Å².